The molecule has 1 amide bonds. The van der Waals surface area contributed by atoms with E-state index in [1.807, 2.05) is 18.2 Å². The van der Waals surface area contributed by atoms with E-state index in [2.05, 4.69) is 33.9 Å². The summed E-state index contributed by atoms with van der Waals surface area (Å²) in [4.78, 5) is 16.6. The third kappa shape index (κ3) is 7.82. The second-order valence-corrected chi connectivity index (χ2v) is 9.94. The molecule has 0 atom stereocenters. The number of nitrogens with one attached hydrogen (secondary N) is 1. The molecule has 10 heteroatoms. The number of rotatable bonds is 11. The largest absolute Gasteiger partial charge is 0.482 e. The topological polar surface area (TPSA) is 88.2 Å². The third-order valence-corrected chi connectivity index (χ3v) is 7.12. The molecular weight excluding hydrogens is 478 g/mol. The van der Waals surface area contributed by atoms with Crippen molar-refractivity contribution in [1.29, 1.82) is 0 Å². The van der Waals surface area contributed by atoms with Crippen LogP contribution < -0.4 is 9.46 Å². The highest BCUT2D eigenvalue weighted by atomic mass is 35.5. The summed E-state index contributed by atoms with van der Waals surface area (Å²) in [5.74, 6) is 0.129. The van der Waals surface area contributed by atoms with Crippen LogP contribution in [-0.2, 0) is 19.6 Å². The number of carbonyl (C=O) groups is 1. The molecule has 1 heterocycles. The van der Waals surface area contributed by atoms with Crippen LogP contribution in [0.3, 0.4) is 0 Å². The van der Waals surface area contributed by atoms with Gasteiger partial charge in [-0.25, -0.2) is 13.1 Å². The van der Waals surface area contributed by atoms with E-state index in [0.717, 1.165) is 19.6 Å². The predicted molar refractivity (Wildman–Crippen MR) is 133 cm³/mol. The van der Waals surface area contributed by atoms with Crippen LogP contribution in [-0.4, -0.2) is 83.7 Å². The van der Waals surface area contributed by atoms with Gasteiger partial charge in [-0.15, -0.1) is 0 Å². The van der Waals surface area contributed by atoms with E-state index < -0.39 is 10.0 Å². The maximum absolute atomic E-state index is 12.6. The minimum Gasteiger partial charge on any atom is -0.482 e. The highest BCUT2D eigenvalue weighted by Crippen LogP contribution is 2.27. The monoisotopic (exact) mass is 507 g/mol. The van der Waals surface area contributed by atoms with Crippen LogP contribution in [0.2, 0.25) is 5.02 Å². The molecule has 0 aliphatic carbocycles. The minimum absolute atomic E-state index is 0.0183. The van der Waals surface area contributed by atoms with Crippen LogP contribution in [0.25, 0.3) is 6.08 Å². The summed E-state index contributed by atoms with van der Waals surface area (Å²) >= 11 is 6.20. The zero-order valence-corrected chi connectivity index (χ0v) is 20.7. The number of methoxy groups -OCH3 is 1. The smallest absolute Gasteiger partial charge is 0.260 e. The van der Waals surface area contributed by atoms with Crippen molar-refractivity contribution in [3.05, 3.63) is 65.2 Å². The first-order valence-corrected chi connectivity index (χ1v) is 12.9. The Morgan fingerprint density at radius 3 is 2.53 bits per heavy atom. The van der Waals surface area contributed by atoms with Crippen LogP contribution in [0.1, 0.15) is 5.56 Å². The first kappa shape index (κ1) is 26.2. The molecule has 1 aliphatic heterocycles. The molecule has 1 saturated heterocycles. The number of piperazine rings is 1. The van der Waals surface area contributed by atoms with Crippen LogP contribution in [0.15, 0.2) is 59.5 Å². The van der Waals surface area contributed by atoms with Crippen molar-refractivity contribution in [2.75, 3.05) is 59.6 Å². The van der Waals surface area contributed by atoms with E-state index in [4.69, 9.17) is 21.1 Å². The quantitative estimate of drug-likeness (QED) is 0.470. The van der Waals surface area contributed by atoms with E-state index in [9.17, 15) is 13.2 Å². The Bertz CT molecular complexity index is 1070. The van der Waals surface area contributed by atoms with Crippen molar-refractivity contribution < 1.29 is 22.7 Å². The molecule has 2 aromatic carbocycles. The van der Waals surface area contributed by atoms with E-state index >= 15 is 0 Å². The molecule has 8 nitrogen and oxygen atoms in total. The Morgan fingerprint density at radius 1 is 1.12 bits per heavy atom. The fourth-order valence-electron chi connectivity index (χ4n) is 3.44. The zero-order valence-electron chi connectivity index (χ0n) is 19.2. The van der Waals surface area contributed by atoms with Crippen LogP contribution in [0.5, 0.6) is 5.75 Å². The molecule has 0 bridgehead atoms. The average molecular weight is 508 g/mol. The molecule has 1 N–H and O–H groups in total. The predicted octanol–water partition coefficient (Wildman–Crippen LogP) is 2.50. The highest BCUT2D eigenvalue weighted by molar-refractivity contribution is 7.89. The number of benzene rings is 2. The Balaban J connectivity index is 1.44. The van der Waals surface area contributed by atoms with E-state index in [0.29, 0.717) is 13.1 Å². The van der Waals surface area contributed by atoms with Gasteiger partial charge in [0.2, 0.25) is 10.0 Å². The molecule has 34 heavy (non-hydrogen) atoms. The Kier molecular flexibility index (Phi) is 9.91. The first-order chi connectivity index (χ1) is 16.4. The van der Waals surface area contributed by atoms with Crippen molar-refractivity contribution in [1.82, 2.24) is 14.5 Å². The molecule has 0 saturated carbocycles. The Morgan fingerprint density at radius 2 is 1.85 bits per heavy atom. The van der Waals surface area contributed by atoms with Crippen molar-refractivity contribution in [2.45, 2.75) is 4.90 Å². The second-order valence-electron chi connectivity index (χ2n) is 7.77. The Hall–Kier alpha value is -2.43. The van der Waals surface area contributed by atoms with Gasteiger partial charge in [-0.05, 0) is 23.8 Å². The third-order valence-electron chi connectivity index (χ3n) is 5.36. The van der Waals surface area contributed by atoms with Crippen LogP contribution in [0.4, 0.5) is 0 Å². The summed E-state index contributed by atoms with van der Waals surface area (Å²) in [6, 6.07) is 14.3. The molecule has 2 aromatic rings. The summed E-state index contributed by atoms with van der Waals surface area (Å²) in [6.45, 7) is 3.90. The van der Waals surface area contributed by atoms with Gasteiger partial charge in [0, 0.05) is 46.4 Å². The molecule has 184 valence electrons. The minimum atomic E-state index is -3.70. The molecule has 1 fully saturated rings. The van der Waals surface area contributed by atoms with Crippen LogP contribution in [0, 0.1) is 0 Å². The van der Waals surface area contributed by atoms with Gasteiger partial charge in [0.1, 0.15) is 5.75 Å². The van der Waals surface area contributed by atoms with Gasteiger partial charge in [0.15, 0.2) is 6.61 Å². The normalized spacial score (nSPS) is 15.1. The summed E-state index contributed by atoms with van der Waals surface area (Å²) in [5, 5.41) is 0.123. The second kappa shape index (κ2) is 12.9. The molecular formula is C24H30ClN3O5S. The highest BCUT2D eigenvalue weighted by Gasteiger charge is 2.21. The summed E-state index contributed by atoms with van der Waals surface area (Å²) in [5.41, 5.74) is 1.17. The molecule has 0 aromatic heterocycles. The number of ether oxygens (including phenoxy) is 2. The van der Waals surface area contributed by atoms with Gasteiger partial charge in [-0.3, -0.25) is 9.69 Å². The van der Waals surface area contributed by atoms with Crippen molar-refractivity contribution in [2.24, 2.45) is 0 Å². The van der Waals surface area contributed by atoms with Gasteiger partial charge in [-0.2, -0.15) is 0 Å². The van der Waals surface area contributed by atoms with E-state index in [-0.39, 0.29) is 41.3 Å². The van der Waals surface area contributed by atoms with Gasteiger partial charge in [0.25, 0.3) is 5.91 Å². The number of sulfonamides is 1. The molecule has 0 spiro atoms. The fraction of sp³-hybridized carbons (Fsp3) is 0.375. The number of hydrogen-bond acceptors (Lipinski definition) is 6. The van der Waals surface area contributed by atoms with Crippen LogP contribution >= 0.6 is 11.6 Å². The Labute approximate surface area is 206 Å². The number of nitrogens with zero attached hydrogens (tertiary/aromatic N) is 2. The summed E-state index contributed by atoms with van der Waals surface area (Å²) in [6.07, 6.45) is 4.23. The summed E-state index contributed by atoms with van der Waals surface area (Å²) < 4.78 is 37.4. The number of hydrogen-bond donors (Lipinski definition) is 1. The van der Waals surface area contributed by atoms with Gasteiger partial charge in [-0.1, -0.05) is 54.1 Å². The lowest BCUT2D eigenvalue weighted by Crippen LogP contribution is -2.49. The number of halogens is 1. The molecule has 3 rings (SSSR count). The van der Waals surface area contributed by atoms with Gasteiger partial charge < -0.3 is 14.4 Å². The van der Waals surface area contributed by atoms with Crippen molar-refractivity contribution >= 4 is 33.6 Å². The number of amides is 1. The SMILES string of the molecule is COCCNS(=O)(=O)c1ccc(OCC(=O)N2CCN(C/C=C/c3ccccc3)CC2)c(Cl)c1. The fourth-order valence-corrected chi connectivity index (χ4v) is 4.78. The molecule has 0 radical (unpaired) electrons. The van der Waals surface area contributed by atoms with Gasteiger partial charge in [0.05, 0.1) is 16.5 Å². The lowest BCUT2D eigenvalue weighted by atomic mass is 10.2. The lowest BCUT2D eigenvalue weighted by molar-refractivity contribution is -0.135. The number of carbonyl (C=O) groups excluding carboxylic acids is 1. The standard InChI is InChI=1S/C24H30ClN3O5S/c1-32-17-11-26-34(30,31)21-9-10-23(22(25)18-21)33-19-24(29)28-15-13-27(14-16-28)12-5-8-20-6-3-2-4-7-20/h2-10,18,26H,11-17,19H2,1H3/b8-5+. The van der Waals surface area contributed by atoms with Crippen molar-refractivity contribution in [3.63, 3.8) is 0 Å². The average Bonchev–Trinajstić information content (AvgIpc) is 2.84. The summed E-state index contributed by atoms with van der Waals surface area (Å²) in [7, 11) is -2.21. The van der Waals surface area contributed by atoms with E-state index in [1.54, 1.807) is 4.90 Å². The maximum atomic E-state index is 12.6. The first-order valence-electron chi connectivity index (χ1n) is 11.0. The lowest BCUT2D eigenvalue weighted by Gasteiger charge is -2.34. The molecule has 1 aliphatic rings. The maximum Gasteiger partial charge on any atom is 0.260 e. The zero-order chi connectivity index (χ0) is 24.4. The van der Waals surface area contributed by atoms with E-state index in [1.165, 1.54) is 30.9 Å². The van der Waals surface area contributed by atoms with Crippen molar-refractivity contribution in [3.8, 4) is 5.75 Å². The van der Waals surface area contributed by atoms with Gasteiger partial charge >= 0.3 is 0 Å². The molecule has 0 unspecified atom stereocenters.